The number of benzene rings is 1. The Labute approximate surface area is 180 Å². The van der Waals surface area contributed by atoms with Gasteiger partial charge in [-0.2, -0.15) is 10.2 Å². The van der Waals surface area contributed by atoms with Crippen LogP contribution < -0.4 is 15.4 Å². The summed E-state index contributed by atoms with van der Waals surface area (Å²) >= 11 is 0. The smallest absolute Gasteiger partial charge is 0.224 e. The molecule has 0 saturated carbocycles. The number of ether oxygens (including phenoxy) is 1. The fourth-order valence-corrected chi connectivity index (χ4v) is 3.21. The third kappa shape index (κ3) is 4.82. The number of rotatable bonds is 6. The third-order valence-electron chi connectivity index (χ3n) is 4.71. The summed E-state index contributed by atoms with van der Waals surface area (Å²) in [6.07, 6.45) is 6.95. The molecule has 0 saturated heterocycles. The van der Waals surface area contributed by atoms with Crippen molar-refractivity contribution in [2.75, 3.05) is 24.5 Å². The van der Waals surface area contributed by atoms with Crippen molar-refractivity contribution in [3.8, 4) is 29.1 Å². The highest BCUT2D eigenvalue weighted by atomic mass is 16.5. The Morgan fingerprint density at radius 1 is 1.19 bits per heavy atom. The van der Waals surface area contributed by atoms with Gasteiger partial charge in [0.25, 0.3) is 0 Å². The summed E-state index contributed by atoms with van der Waals surface area (Å²) in [4.78, 5) is 24.1. The number of nitrogens with zero attached hydrogens (tertiary/aromatic N) is 7. The van der Waals surface area contributed by atoms with Crippen LogP contribution in [0.2, 0.25) is 0 Å². The van der Waals surface area contributed by atoms with Crippen molar-refractivity contribution in [2.45, 2.75) is 19.8 Å². The number of hydrogen-bond acceptors (Lipinski definition) is 9. The number of nitrogens with two attached hydrogens (primary N) is 1. The monoisotopic (exact) mass is 414 g/mol. The van der Waals surface area contributed by atoms with Crippen LogP contribution in [0.4, 0.5) is 5.82 Å². The van der Waals surface area contributed by atoms with E-state index in [1.807, 2.05) is 11.8 Å². The average molecular weight is 414 g/mol. The first-order valence-corrected chi connectivity index (χ1v) is 10.0. The van der Waals surface area contributed by atoms with Gasteiger partial charge in [-0.15, -0.1) is 0 Å². The van der Waals surface area contributed by atoms with Crippen molar-refractivity contribution in [3.63, 3.8) is 0 Å². The van der Waals surface area contributed by atoms with Gasteiger partial charge in [0.15, 0.2) is 5.82 Å². The van der Waals surface area contributed by atoms with E-state index < -0.39 is 0 Å². The zero-order valence-corrected chi connectivity index (χ0v) is 17.2. The van der Waals surface area contributed by atoms with Crippen molar-refractivity contribution in [1.82, 2.24) is 19.9 Å². The highest BCUT2D eigenvalue weighted by molar-refractivity contribution is 5.78. The lowest BCUT2D eigenvalue weighted by molar-refractivity contribution is 0.461. The number of hydrogen-bond donors (Lipinski definition) is 1. The normalized spacial score (nSPS) is 13.1. The van der Waals surface area contributed by atoms with Crippen LogP contribution in [-0.2, 0) is 6.42 Å². The molecule has 4 rings (SSSR count). The third-order valence-corrected chi connectivity index (χ3v) is 4.71. The van der Waals surface area contributed by atoms with Gasteiger partial charge in [-0.3, -0.25) is 4.99 Å². The van der Waals surface area contributed by atoms with Crippen LogP contribution in [0.25, 0.3) is 11.4 Å². The summed E-state index contributed by atoms with van der Waals surface area (Å²) < 4.78 is 6.12. The molecule has 0 radical (unpaired) electrons. The molecule has 156 valence electrons. The van der Waals surface area contributed by atoms with Gasteiger partial charge in [-0.25, -0.2) is 15.0 Å². The molecule has 0 fully saturated rings. The van der Waals surface area contributed by atoms with Crippen LogP contribution >= 0.6 is 0 Å². The highest BCUT2D eigenvalue weighted by Crippen LogP contribution is 2.33. The Balaban J connectivity index is 1.69. The molecule has 0 atom stereocenters. The van der Waals surface area contributed by atoms with E-state index in [0.29, 0.717) is 53.2 Å². The maximum Gasteiger partial charge on any atom is 0.224 e. The molecule has 31 heavy (non-hydrogen) atoms. The van der Waals surface area contributed by atoms with E-state index >= 15 is 0 Å². The minimum Gasteiger partial charge on any atom is -0.438 e. The molecule has 9 nitrogen and oxygen atoms in total. The van der Waals surface area contributed by atoms with E-state index in [1.54, 1.807) is 43.0 Å². The van der Waals surface area contributed by atoms with Gasteiger partial charge in [-0.05, 0) is 50.1 Å². The van der Waals surface area contributed by atoms with E-state index in [9.17, 15) is 5.26 Å². The summed E-state index contributed by atoms with van der Waals surface area (Å²) in [5.41, 5.74) is 7.69. The van der Waals surface area contributed by atoms with Crippen LogP contribution in [-0.4, -0.2) is 45.9 Å². The van der Waals surface area contributed by atoms with Gasteiger partial charge in [0.1, 0.15) is 17.4 Å². The van der Waals surface area contributed by atoms with Crippen molar-refractivity contribution in [2.24, 2.45) is 10.7 Å². The number of nitriles is 1. The molecule has 0 aliphatic carbocycles. The van der Waals surface area contributed by atoms with Crippen LogP contribution in [0.5, 0.6) is 11.6 Å². The summed E-state index contributed by atoms with van der Waals surface area (Å²) in [5, 5.41) is 9.35. The second kappa shape index (κ2) is 9.28. The second-order valence-corrected chi connectivity index (χ2v) is 7.06. The van der Waals surface area contributed by atoms with Crippen molar-refractivity contribution < 1.29 is 4.74 Å². The van der Waals surface area contributed by atoms with Crippen LogP contribution in [0.3, 0.4) is 0 Å². The molecule has 1 aromatic carbocycles. The van der Waals surface area contributed by atoms with E-state index in [2.05, 4.69) is 31.0 Å². The Bertz CT molecular complexity index is 1140. The van der Waals surface area contributed by atoms with Gasteiger partial charge < -0.3 is 15.4 Å². The quantitative estimate of drug-likeness (QED) is 0.652. The van der Waals surface area contributed by atoms with E-state index in [0.717, 1.165) is 25.1 Å². The van der Waals surface area contributed by atoms with E-state index in [4.69, 9.17) is 10.5 Å². The Morgan fingerprint density at radius 3 is 2.74 bits per heavy atom. The molecule has 3 aromatic rings. The Hall–Kier alpha value is -3.90. The predicted molar refractivity (Wildman–Crippen MR) is 117 cm³/mol. The molecule has 3 heterocycles. The number of aromatic nitrogens is 4. The van der Waals surface area contributed by atoms with Gasteiger partial charge in [0.05, 0.1) is 23.5 Å². The van der Waals surface area contributed by atoms with Crippen molar-refractivity contribution in [3.05, 3.63) is 53.6 Å². The highest BCUT2D eigenvalue weighted by Gasteiger charge is 2.16. The number of aliphatic imine (C=N–C) groups is 1. The molecule has 0 bridgehead atoms. The standard InChI is InChI=1S/C22H22N8O/c1-15-28-20(30-8-2-7-25-14-30)10-21(29-15)31-19-9-16(11-24)3-4-18(19)22-26-12-17(5-6-23)13-27-22/h3-4,9-10,12-14H,2,5-8,23H2,1H3. The largest absolute Gasteiger partial charge is 0.438 e. The molecule has 9 heteroatoms. The molecule has 2 N–H and O–H groups in total. The minimum absolute atomic E-state index is 0.373. The zero-order valence-electron chi connectivity index (χ0n) is 17.2. The van der Waals surface area contributed by atoms with E-state index in [-0.39, 0.29) is 0 Å². The van der Waals surface area contributed by atoms with Crippen LogP contribution in [0.1, 0.15) is 23.4 Å². The number of aryl methyl sites for hydroxylation is 1. The average Bonchev–Trinajstić information content (AvgIpc) is 2.80. The number of anilines is 1. The molecule has 0 spiro atoms. The molecule has 1 aliphatic rings. The van der Waals surface area contributed by atoms with Gasteiger partial charge in [0, 0.05) is 31.5 Å². The summed E-state index contributed by atoms with van der Waals surface area (Å²) in [6, 6.07) is 9.04. The maximum absolute atomic E-state index is 9.35. The molecular formula is C22H22N8O. The van der Waals surface area contributed by atoms with Crippen LogP contribution in [0, 0.1) is 18.3 Å². The zero-order chi connectivity index (χ0) is 21.6. The maximum atomic E-state index is 9.35. The Kier molecular flexibility index (Phi) is 6.10. The van der Waals surface area contributed by atoms with Crippen molar-refractivity contribution >= 4 is 12.2 Å². The topological polar surface area (TPSA) is 126 Å². The van der Waals surface area contributed by atoms with Gasteiger partial charge in [0.2, 0.25) is 5.88 Å². The molecular weight excluding hydrogens is 392 g/mol. The van der Waals surface area contributed by atoms with Crippen LogP contribution in [0.15, 0.2) is 41.7 Å². The SMILES string of the molecule is Cc1nc(Oc2cc(C#N)ccc2-c2ncc(CCN)cn2)cc(N2C=NCCC2)n1. The molecule has 0 unspecified atom stereocenters. The molecule has 0 amide bonds. The molecule has 2 aromatic heterocycles. The minimum atomic E-state index is 0.373. The predicted octanol–water partition coefficient (Wildman–Crippen LogP) is 2.65. The fraction of sp³-hybridized carbons (Fsp3) is 0.273. The lowest BCUT2D eigenvalue weighted by Crippen LogP contribution is -2.27. The van der Waals surface area contributed by atoms with Gasteiger partial charge >= 0.3 is 0 Å². The fourth-order valence-electron chi connectivity index (χ4n) is 3.21. The first-order chi connectivity index (χ1) is 15.2. The van der Waals surface area contributed by atoms with Gasteiger partial charge in [-0.1, -0.05) is 0 Å². The lowest BCUT2D eigenvalue weighted by Gasteiger charge is -2.22. The molecule has 1 aliphatic heterocycles. The van der Waals surface area contributed by atoms with E-state index in [1.165, 1.54) is 0 Å². The summed E-state index contributed by atoms with van der Waals surface area (Å²) in [5.74, 6) is 2.60. The first-order valence-electron chi connectivity index (χ1n) is 10.0. The second-order valence-electron chi connectivity index (χ2n) is 7.06. The van der Waals surface area contributed by atoms with Crippen molar-refractivity contribution in [1.29, 1.82) is 5.26 Å². The summed E-state index contributed by atoms with van der Waals surface area (Å²) in [6.45, 7) is 3.99. The Morgan fingerprint density at radius 2 is 2.03 bits per heavy atom. The first kappa shape index (κ1) is 20.4. The summed E-state index contributed by atoms with van der Waals surface area (Å²) in [7, 11) is 0. The lowest BCUT2D eigenvalue weighted by atomic mass is 10.1.